The Balaban J connectivity index is 2.09. The number of anilines is 2. The van der Waals surface area contributed by atoms with Gasteiger partial charge in [0, 0.05) is 17.2 Å². The summed E-state index contributed by atoms with van der Waals surface area (Å²) in [7, 11) is 1.85. The molecular formula is C13H15BrN4O. The Morgan fingerprint density at radius 1 is 1.32 bits per heavy atom. The molecule has 2 aromatic rings. The third-order valence-electron chi connectivity index (χ3n) is 2.83. The maximum atomic E-state index is 11.9. The van der Waals surface area contributed by atoms with Crippen molar-refractivity contribution in [2.24, 2.45) is 7.05 Å². The molecule has 0 aliphatic heterocycles. The van der Waals surface area contributed by atoms with E-state index in [9.17, 15) is 4.79 Å². The number of carbonyl (C=O) groups excluding carboxylic acids is 1. The molecule has 0 saturated heterocycles. The predicted octanol–water partition coefficient (Wildman–Crippen LogP) is 3.44. The van der Waals surface area contributed by atoms with Crippen molar-refractivity contribution in [3.63, 3.8) is 0 Å². The maximum absolute atomic E-state index is 11.9. The number of halogens is 1. The largest absolute Gasteiger partial charge is 0.323 e. The van der Waals surface area contributed by atoms with Gasteiger partial charge in [-0.25, -0.2) is 4.79 Å². The van der Waals surface area contributed by atoms with Crippen LogP contribution in [0.3, 0.4) is 0 Å². The lowest BCUT2D eigenvalue weighted by Gasteiger charge is -2.08. The number of urea groups is 1. The van der Waals surface area contributed by atoms with Crippen molar-refractivity contribution in [1.29, 1.82) is 0 Å². The van der Waals surface area contributed by atoms with Crippen LogP contribution in [0.25, 0.3) is 0 Å². The minimum atomic E-state index is -0.280. The molecule has 2 rings (SSSR count). The molecule has 0 atom stereocenters. The molecule has 0 saturated carbocycles. The summed E-state index contributed by atoms with van der Waals surface area (Å²) in [5, 5.41) is 9.85. The number of aryl methyl sites for hydroxylation is 2. The fourth-order valence-corrected chi connectivity index (χ4v) is 2.20. The highest BCUT2D eigenvalue weighted by atomic mass is 79.9. The second-order valence-electron chi connectivity index (χ2n) is 4.26. The van der Waals surface area contributed by atoms with Crippen LogP contribution in [0.5, 0.6) is 0 Å². The highest BCUT2D eigenvalue weighted by molar-refractivity contribution is 9.10. The molecule has 0 radical (unpaired) electrons. The first-order valence-corrected chi connectivity index (χ1v) is 6.60. The minimum absolute atomic E-state index is 0.280. The second-order valence-corrected chi connectivity index (χ2v) is 5.17. The summed E-state index contributed by atoms with van der Waals surface area (Å²) in [6.45, 7) is 3.77. The molecule has 0 bridgehead atoms. The molecule has 5 nitrogen and oxygen atoms in total. The van der Waals surface area contributed by atoms with E-state index in [0.29, 0.717) is 0 Å². The Morgan fingerprint density at radius 2 is 2.05 bits per heavy atom. The summed E-state index contributed by atoms with van der Waals surface area (Å²) in [5.74, 6) is 0. The van der Waals surface area contributed by atoms with Gasteiger partial charge in [0.05, 0.1) is 17.1 Å². The van der Waals surface area contributed by atoms with Gasteiger partial charge in [0.2, 0.25) is 0 Å². The first-order chi connectivity index (χ1) is 8.97. The zero-order valence-corrected chi connectivity index (χ0v) is 12.6. The van der Waals surface area contributed by atoms with Crippen molar-refractivity contribution in [3.8, 4) is 0 Å². The van der Waals surface area contributed by atoms with Gasteiger partial charge in [0.1, 0.15) is 0 Å². The molecule has 100 valence electrons. The third kappa shape index (κ3) is 3.14. The zero-order valence-electron chi connectivity index (χ0n) is 11.0. The molecule has 6 heteroatoms. The van der Waals surface area contributed by atoms with Gasteiger partial charge in [-0.15, -0.1) is 0 Å². The molecule has 1 aromatic carbocycles. The van der Waals surface area contributed by atoms with E-state index in [1.54, 1.807) is 4.68 Å². The van der Waals surface area contributed by atoms with Gasteiger partial charge in [-0.05, 0) is 32.0 Å². The number of nitrogens with zero attached hydrogens (tertiary/aromatic N) is 2. The number of benzene rings is 1. The van der Waals surface area contributed by atoms with E-state index in [2.05, 4.69) is 31.7 Å². The lowest BCUT2D eigenvalue weighted by Crippen LogP contribution is -2.20. The van der Waals surface area contributed by atoms with E-state index in [1.165, 1.54) is 0 Å². The van der Waals surface area contributed by atoms with E-state index in [0.717, 1.165) is 27.2 Å². The molecule has 0 unspecified atom stereocenters. The van der Waals surface area contributed by atoms with Gasteiger partial charge in [-0.2, -0.15) is 5.10 Å². The van der Waals surface area contributed by atoms with E-state index < -0.39 is 0 Å². The van der Waals surface area contributed by atoms with Crippen LogP contribution in [-0.2, 0) is 7.05 Å². The minimum Gasteiger partial charge on any atom is -0.308 e. The highest BCUT2D eigenvalue weighted by Gasteiger charge is 2.12. The molecule has 0 aliphatic rings. The number of aromatic nitrogens is 2. The molecule has 2 N–H and O–H groups in total. The van der Waals surface area contributed by atoms with Crippen LogP contribution in [0.4, 0.5) is 16.2 Å². The van der Waals surface area contributed by atoms with Crippen LogP contribution in [0.2, 0.25) is 0 Å². The van der Waals surface area contributed by atoms with E-state index >= 15 is 0 Å². The van der Waals surface area contributed by atoms with E-state index in [1.807, 2.05) is 45.2 Å². The van der Waals surface area contributed by atoms with Crippen LogP contribution in [0.15, 0.2) is 28.7 Å². The number of hydrogen-bond donors (Lipinski definition) is 2. The van der Waals surface area contributed by atoms with Crippen molar-refractivity contribution < 1.29 is 4.79 Å². The van der Waals surface area contributed by atoms with Crippen molar-refractivity contribution in [3.05, 3.63) is 40.1 Å². The van der Waals surface area contributed by atoms with Crippen molar-refractivity contribution in [2.45, 2.75) is 13.8 Å². The summed E-state index contributed by atoms with van der Waals surface area (Å²) >= 11 is 3.36. The Labute approximate surface area is 120 Å². The average Bonchev–Trinajstić information content (AvgIpc) is 2.56. The van der Waals surface area contributed by atoms with Crippen LogP contribution in [0, 0.1) is 13.8 Å². The fraction of sp³-hybridized carbons (Fsp3) is 0.231. The first kappa shape index (κ1) is 13.6. The third-order valence-corrected chi connectivity index (χ3v) is 3.32. The second kappa shape index (κ2) is 5.44. The molecule has 0 spiro atoms. The maximum Gasteiger partial charge on any atom is 0.323 e. The van der Waals surface area contributed by atoms with Gasteiger partial charge in [0.25, 0.3) is 0 Å². The molecule has 0 fully saturated rings. The monoisotopic (exact) mass is 322 g/mol. The normalized spacial score (nSPS) is 10.3. The molecule has 0 aliphatic carbocycles. The summed E-state index contributed by atoms with van der Waals surface area (Å²) in [5.41, 5.74) is 3.19. The molecular weight excluding hydrogens is 308 g/mol. The average molecular weight is 323 g/mol. The lowest BCUT2D eigenvalue weighted by molar-refractivity contribution is 0.262. The standard InChI is InChI=1S/C13H15BrN4O/c1-8-12(9(2)18(3)17-8)16-13(19)15-11-6-4-5-10(14)7-11/h4-7H,1-3H3,(H2,15,16,19). The molecule has 1 aromatic heterocycles. The van der Waals surface area contributed by atoms with Crippen LogP contribution in [-0.4, -0.2) is 15.8 Å². The van der Waals surface area contributed by atoms with Crippen molar-refractivity contribution >= 4 is 33.3 Å². The molecule has 19 heavy (non-hydrogen) atoms. The number of hydrogen-bond acceptors (Lipinski definition) is 2. The quantitative estimate of drug-likeness (QED) is 0.889. The lowest BCUT2D eigenvalue weighted by atomic mass is 10.3. The molecule has 1 heterocycles. The fourth-order valence-electron chi connectivity index (χ4n) is 1.80. The Hall–Kier alpha value is -1.82. The summed E-state index contributed by atoms with van der Waals surface area (Å²) < 4.78 is 2.66. The smallest absolute Gasteiger partial charge is 0.308 e. The van der Waals surface area contributed by atoms with E-state index in [4.69, 9.17) is 0 Å². The first-order valence-electron chi connectivity index (χ1n) is 5.81. The summed E-state index contributed by atoms with van der Waals surface area (Å²) in [4.78, 5) is 11.9. The van der Waals surface area contributed by atoms with Crippen LogP contribution >= 0.6 is 15.9 Å². The van der Waals surface area contributed by atoms with Gasteiger partial charge >= 0.3 is 6.03 Å². The topological polar surface area (TPSA) is 59.0 Å². The summed E-state index contributed by atoms with van der Waals surface area (Å²) in [6, 6.07) is 7.14. The van der Waals surface area contributed by atoms with Crippen molar-refractivity contribution in [1.82, 2.24) is 9.78 Å². The van der Waals surface area contributed by atoms with Crippen molar-refractivity contribution in [2.75, 3.05) is 10.6 Å². The number of rotatable bonds is 2. The van der Waals surface area contributed by atoms with Crippen LogP contribution < -0.4 is 10.6 Å². The zero-order chi connectivity index (χ0) is 14.0. The Bertz CT molecular complexity index is 621. The SMILES string of the molecule is Cc1nn(C)c(C)c1NC(=O)Nc1cccc(Br)c1. The number of amides is 2. The highest BCUT2D eigenvalue weighted by Crippen LogP contribution is 2.19. The number of nitrogens with one attached hydrogen (secondary N) is 2. The number of carbonyl (C=O) groups is 1. The van der Waals surface area contributed by atoms with Crippen LogP contribution in [0.1, 0.15) is 11.4 Å². The Kier molecular flexibility index (Phi) is 3.90. The van der Waals surface area contributed by atoms with Gasteiger partial charge in [0.15, 0.2) is 0 Å². The Morgan fingerprint density at radius 3 is 2.63 bits per heavy atom. The predicted molar refractivity (Wildman–Crippen MR) is 79.5 cm³/mol. The van der Waals surface area contributed by atoms with E-state index in [-0.39, 0.29) is 6.03 Å². The molecule has 2 amide bonds. The van der Waals surface area contributed by atoms with Gasteiger partial charge in [-0.3, -0.25) is 4.68 Å². The van der Waals surface area contributed by atoms with Gasteiger partial charge < -0.3 is 10.6 Å². The van der Waals surface area contributed by atoms with Gasteiger partial charge in [-0.1, -0.05) is 22.0 Å². The summed E-state index contributed by atoms with van der Waals surface area (Å²) in [6.07, 6.45) is 0.